The second-order valence-corrected chi connectivity index (χ2v) is 12.6. The number of rotatable bonds is 7. The van der Waals surface area contributed by atoms with Crippen LogP contribution < -0.4 is 5.56 Å². The van der Waals surface area contributed by atoms with Gasteiger partial charge in [0.15, 0.2) is 5.03 Å². The molecule has 5 rings (SSSR count). The first kappa shape index (κ1) is 31.2. The van der Waals surface area contributed by atoms with Crippen molar-refractivity contribution in [1.29, 1.82) is 0 Å². The number of benzene rings is 3. The largest absolute Gasteiger partial charge is 0.467 e. The van der Waals surface area contributed by atoms with Crippen LogP contribution in [0.3, 0.4) is 0 Å². The highest BCUT2D eigenvalue weighted by atomic mass is 32.2. The number of hydrogen-bond donors (Lipinski definition) is 0. The van der Waals surface area contributed by atoms with Gasteiger partial charge in [0, 0.05) is 24.7 Å². The van der Waals surface area contributed by atoms with Crippen molar-refractivity contribution in [3.63, 3.8) is 0 Å². The molecule has 1 unspecified atom stereocenters. The van der Waals surface area contributed by atoms with E-state index in [1.165, 1.54) is 19.2 Å². The number of sulfonamides is 1. The second kappa shape index (κ2) is 12.0. The van der Waals surface area contributed by atoms with Crippen molar-refractivity contribution >= 4 is 26.8 Å². The molecule has 0 amide bonds. The fourth-order valence-corrected chi connectivity index (χ4v) is 7.41. The number of fused-ring (bicyclic) bond motifs is 2. The molecule has 0 spiro atoms. The van der Waals surface area contributed by atoms with Gasteiger partial charge in [-0.3, -0.25) is 9.36 Å². The van der Waals surface area contributed by atoms with Gasteiger partial charge in [0.25, 0.3) is 15.6 Å². The van der Waals surface area contributed by atoms with E-state index < -0.39 is 44.4 Å². The van der Waals surface area contributed by atoms with E-state index in [4.69, 9.17) is 4.74 Å². The Kier molecular flexibility index (Phi) is 8.55. The first-order valence-electron chi connectivity index (χ1n) is 14.0. The Labute approximate surface area is 253 Å². The lowest BCUT2D eigenvalue weighted by atomic mass is 9.88. The number of likely N-dealkylation sites (N-methyl/N-ethyl adjacent to an activating group) is 1. The van der Waals surface area contributed by atoms with E-state index in [9.17, 15) is 31.2 Å². The molecule has 0 saturated carbocycles. The van der Waals surface area contributed by atoms with Gasteiger partial charge in [-0.2, -0.15) is 17.5 Å². The molecule has 0 N–H and O–H groups in total. The monoisotopic (exact) mass is 624 g/mol. The Morgan fingerprint density at radius 3 is 2.45 bits per heavy atom. The Morgan fingerprint density at radius 2 is 1.75 bits per heavy atom. The van der Waals surface area contributed by atoms with Crippen LogP contribution in [-0.4, -0.2) is 44.0 Å². The van der Waals surface area contributed by atoms with Crippen LogP contribution in [0, 0.1) is 0 Å². The van der Waals surface area contributed by atoms with E-state index >= 15 is 0 Å². The van der Waals surface area contributed by atoms with E-state index in [0.29, 0.717) is 12.0 Å². The minimum atomic E-state index is -4.71. The van der Waals surface area contributed by atoms with Crippen LogP contribution in [-0.2, 0) is 38.6 Å². The van der Waals surface area contributed by atoms with Gasteiger partial charge < -0.3 is 4.74 Å². The fourth-order valence-electron chi connectivity index (χ4n) is 5.82. The van der Waals surface area contributed by atoms with Crippen molar-refractivity contribution in [3.8, 4) is 11.1 Å². The molecule has 0 bridgehead atoms. The number of halogens is 3. The van der Waals surface area contributed by atoms with Crippen molar-refractivity contribution in [2.24, 2.45) is 0 Å². The summed E-state index contributed by atoms with van der Waals surface area (Å²) in [5.74, 6) is -0.841. The van der Waals surface area contributed by atoms with E-state index in [2.05, 4.69) is 0 Å². The van der Waals surface area contributed by atoms with Crippen LogP contribution in [0.2, 0.25) is 0 Å². The fraction of sp³-hybridized carbons (Fsp3) is 0.273. The minimum absolute atomic E-state index is 0.0337. The third-order valence-electron chi connectivity index (χ3n) is 7.97. The third kappa shape index (κ3) is 5.57. The molecule has 3 aromatic carbocycles. The summed E-state index contributed by atoms with van der Waals surface area (Å²) in [6, 6.07) is 16.2. The molecule has 0 saturated heterocycles. The zero-order chi connectivity index (χ0) is 31.8. The summed E-state index contributed by atoms with van der Waals surface area (Å²) in [6.07, 6.45) is -0.424. The molecule has 0 aliphatic carbocycles. The van der Waals surface area contributed by atoms with Crippen molar-refractivity contribution in [1.82, 2.24) is 8.87 Å². The van der Waals surface area contributed by atoms with Gasteiger partial charge in [0.1, 0.15) is 6.04 Å². The van der Waals surface area contributed by atoms with Crippen LogP contribution in [0.15, 0.2) is 88.7 Å². The molecule has 230 valence electrons. The summed E-state index contributed by atoms with van der Waals surface area (Å²) >= 11 is 0. The molecule has 1 aromatic heterocycles. The van der Waals surface area contributed by atoms with Gasteiger partial charge in [0.05, 0.1) is 12.7 Å². The maximum Gasteiger partial charge on any atom is 0.416 e. The summed E-state index contributed by atoms with van der Waals surface area (Å²) in [4.78, 5) is 27.4. The van der Waals surface area contributed by atoms with Crippen LogP contribution in [0.25, 0.3) is 21.9 Å². The van der Waals surface area contributed by atoms with Crippen LogP contribution in [0.5, 0.6) is 0 Å². The number of ether oxygens (including phenoxy) is 1. The van der Waals surface area contributed by atoms with Crippen LogP contribution in [0.1, 0.15) is 41.6 Å². The highest BCUT2D eigenvalue weighted by Gasteiger charge is 2.43. The zero-order valence-corrected chi connectivity index (χ0v) is 25.2. The smallest absolute Gasteiger partial charge is 0.416 e. The Morgan fingerprint density at radius 1 is 1.05 bits per heavy atom. The lowest BCUT2D eigenvalue weighted by Gasteiger charge is -2.35. The van der Waals surface area contributed by atoms with Crippen LogP contribution in [0.4, 0.5) is 13.2 Å². The van der Waals surface area contributed by atoms with Crippen molar-refractivity contribution < 1.29 is 31.1 Å². The molecular weight excluding hydrogens is 593 g/mol. The van der Waals surface area contributed by atoms with E-state index in [1.807, 2.05) is 61.5 Å². The number of alkyl halides is 3. The average molecular weight is 625 g/mol. The number of esters is 1. The van der Waals surface area contributed by atoms with Gasteiger partial charge in [-0.25, -0.2) is 13.2 Å². The predicted octanol–water partition coefficient (Wildman–Crippen LogP) is 6.14. The minimum Gasteiger partial charge on any atom is -0.467 e. The summed E-state index contributed by atoms with van der Waals surface area (Å²) in [5.41, 5.74) is -0.461. The van der Waals surface area contributed by atoms with Crippen molar-refractivity contribution in [2.45, 2.75) is 43.4 Å². The van der Waals surface area contributed by atoms with E-state index in [1.54, 1.807) is 0 Å². The summed E-state index contributed by atoms with van der Waals surface area (Å²) in [6.45, 7) is 1.45. The SMILES string of the molecule is C/C=C/CCc1c(Cc2cccc3ccccc23)c(-c2cccc(C(F)(F)F)c2)c2n(c1=O)C(C(=O)OC)CN(C)S2(=O)=O. The van der Waals surface area contributed by atoms with Gasteiger partial charge in [-0.1, -0.05) is 66.7 Å². The highest BCUT2D eigenvalue weighted by Crippen LogP contribution is 2.41. The number of carbonyl (C=O) groups excluding carboxylic acids is 1. The lowest BCUT2D eigenvalue weighted by Crippen LogP contribution is -2.49. The number of allylic oxidation sites excluding steroid dienone is 2. The summed E-state index contributed by atoms with van der Waals surface area (Å²) < 4.78 is 76.8. The molecule has 0 fully saturated rings. The Bertz CT molecular complexity index is 1940. The maximum absolute atomic E-state index is 14.4. The zero-order valence-electron chi connectivity index (χ0n) is 24.4. The quantitative estimate of drug-likeness (QED) is 0.182. The molecule has 1 atom stereocenters. The van der Waals surface area contributed by atoms with Gasteiger partial charge in [-0.05, 0) is 65.8 Å². The summed E-state index contributed by atoms with van der Waals surface area (Å²) in [5, 5.41) is 1.24. The topological polar surface area (TPSA) is 85.7 Å². The van der Waals surface area contributed by atoms with Gasteiger partial charge >= 0.3 is 12.1 Å². The molecular formula is C33H31F3N2O5S. The number of pyridine rings is 1. The number of nitrogens with zero attached hydrogens (tertiary/aromatic N) is 2. The molecule has 11 heteroatoms. The summed E-state index contributed by atoms with van der Waals surface area (Å²) in [7, 11) is -2.06. The standard InChI is InChI=1S/C33H31F3N2O5S/c1-4-5-6-17-26-27(19-22-13-9-12-21-11-7-8-16-25(21)22)29(23-14-10-15-24(18-23)33(34,35)36)31-38(30(26)39)28(32(40)43-3)20-37(2)44(31,41)42/h4-5,7-16,18,28H,6,17,19-20H2,1-3H3/b5-4+. The number of aromatic nitrogens is 1. The molecule has 0 radical (unpaired) electrons. The maximum atomic E-state index is 14.4. The molecule has 44 heavy (non-hydrogen) atoms. The molecule has 4 aromatic rings. The van der Waals surface area contributed by atoms with Gasteiger partial charge in [0.2, 0.25) is 0 Å². The molecule has 7 nitrogen and oxygen atoms in total. The van der Waals surface area contributed by atoms with Gasteiger partial charge in [-0.15, -0.1) is 0 Å². The normalized spacial score (nSPS) is 16.7. The average Bonchev–Trinajstić information content (AvgIpc) is 3.00. The second-order valence-electron chi connectivity index (χ2n) is 10.6. The van der Waals surface area contributed by atoms with E-state index in [-0.39, 0.29) is 36.1 Å². The predicted molar refractivity (Wildman–Crippen MR) is 162 cm³/mol. The highest BCUT2D eigenvalue weighted by molar-refractivity contribution is 7.89. The number of methoxy groups -OCH3 is 1. The van der Waals surface area contributed by atoms with Crippen molar-refractivity contribution in [3.05, 3.63) is 111 Å². The number of carbonyl (C=O) groups is 1. The molecule has 2 heterocycles. The van der Waals surface area contributed by atoms with E-state index in [0.717, 1.165) is 44.5 Å². The number of hydrogen-bond acceptors (Lipinski definition) is 5. The third-order valence-corrected chi connectivity index (χ3v) is 9.83. The first-order chi connectivity index (χ1) is 20.9. The Balaban J connectivity index is 1.97. The Hall–Kier alpha value is -4.22. The van der Waals surface area contributed by atoms with Crippen LogP contribution >= 0.6 is 0 Å². The lowest BCUT2D eigenvalue weighted by molar-refractivity contribution is -0.145. The molecule has 1 aliphatic heterocycles. The van der Waals surface area contributed by atoms with Crippen molar-refractivity contribution in [2.75, 3.05) is 20.7 Å². The molecule has 1 aliphatic rings. The first-order valence-corrected chi connectivity index (χ1v) is 15.4.